The molecule has 2 rings (SSSR count). The van der Waals surface area contributed by atoms with Crippen LogP contribution >= 0.6 is 0 Å². The molecule has 0 unspecified atom stereocenters. The average Bonchev–Trinajstić information content (AvgIpc) is 2.53. The highest BCUT2D eigenvalue weighted by molar-refractivity contribution is 7.93. The van der Waals surface area contributed by atoms with Gasteiger partial charge in [-0.2, -0.15) is 0 Å². The molecule has 0 heterocycles. The highest BCUT2D eigenvalue weighted by atomic mass is 32.2. The predicted octanol–water partition coefficient (Wildman–Crippen LogP) is 2.82. The highest BCUT2D eigenvalue weighted by Crippen LogP contribution is 2.03. The molecule has 2 aromatic rings. The van der Waals surface area contributed by atoms with E-state index < -0.39 is 15.9 Å². The van der Waals surface area contributed by atoms with Crippen molar-refractivity contribution in [3.63, 3.8) is 0 Å². The summed E-state index contributed by atoms with van der Waals surface area (Å²) >= 11 is 0. The second kappa shape index (κ2) is 7.38. The molecule has 0 fully saturated rings. The Bertz CT molecular complexity index is 779. The van der Waals surface area contributed by atoms with E-state index in [-0.39, 0.29) is 0 Å². The smallest absolute Gasteiger partial charge is 0.257 e. The van der Waals surface area contributed by atoms with E-state index in [9.17, 15) is 13.2 Å². The number of amides is 1. The molecule has 22 heavy (non-hydrogen) atoms. The van der Waals surface area contributed by atoms with Crippen molar-refractivity contribution in [2.24, 2.45) is 0 Å². The fraction of sp³-hybridized carbons (Fsp3) is 0. The van der Waals surface area contributed by atoms with Crippen molar-refractivity contribution in [1.82, 2.24) is 4.72 Å². The van der Waals surface area contributed by atoms with Crippen LogP contribution in [0.15, 0.2) is 72.1 Å². The van der Waals surface area contributed by atoms with Gasteiger partial charge in [-0.1, -0.05) is 60.7 Å². The minimum Gasteiger partial charge on any atom is -0.269 e. The molecule has 0 atom stereocenters. The normalized spacial score (nSPS) is 11.8. The molecule has 0 aromatic heterocycles. The zero-order chi connectivity index (χ0) is 15.8. The highest BCUT2D eigenvalue weighted by Gasteiger charge is 2.08. The lowest BCUT2D eigenvalue weighted by Crippen LogP contribution is -2.26. The van der Waals surface area contributed by atoms with Gasteiger partial charge in [0.1, 0.15) is 0 Å². The van der Waals surface area contributed by atoms with Gasteiger partial charge in [0.25, 0.3) is 15.9 Å². The quantitative estimate of drug-likeness (QED) is 0.863. The SMILES string of the molecule is O=C(/C=C/c1ccccc1)NS(=O)(=O)/C=C\c1ccccc1. The van der Waals surface area contributed by atoms with Gasteiger partial charge in [-0.3, -0.25) is 4.79 Å². The molecule has 0 saturated carbocycles. The molecule has 0 radical (unpaired) electrons. The van der Waals surface area contributed by atoms with Crippen LogP contribution in [-0.4, -0.2) is 14.3 Å². The largest absolute Gasteiger partial charge is 0.269 e. The molecule has 0 bridgehead atoms. The summed E-state index contributed by atoms with van der Waals surface area (Å²) in [6.45, 7) is 0. The summed E-state index contributed by atoms with van der Waals surface area (Å²) in [6, 6.07) is 18.1. The standard InChI is InChI=1S/C17H15NO3S/c19-17(12-11-15-7-3-1-4-8-15)18-22(20,21)14-13-16-9-5-2-6-10-16/h1-14H,(H,18,19)/b12-11+,14-13-. The van der Waals surface area contributed by atoms with Crippen LogP contribution in [-0.2, 0) is 14.8 Å². The lowest BCUT2D eigenvalue weighted by molar-refractivity contribution is -0.114. The maximum absolute atomic E-state index is 11.8. The summed E-state index contributed by atoms with van der Waals surface area (Å²) in [4.78, 5) is 11.6. The third kappa shape index (κ3) is 5.38. The van der Waals surface area contributed by atoms with Crippen molar-refractivity contribution in [2.75, 3.05) is 0 Å². The molecule has 2 aromatic carbocycles. The molecule has 112 valence electrons. The Hall–Kier alpha value is -2.66. The molecule has 4 nitrogen and oxygen atoms in total. The molecular weight excluding hydrogens is 298 g/mol. The van der Waals surface area contributed by atoms with Crippen molar-refractivity contribution in [3.8, 4) is 0 Å². The summed E-state index contributed by atoms with van der Waals surface area (Å²) in [7, 11) is -3.81. The van der Waals surface area contributed by atoms with Gasteiger partial charge in [-0.05, 0) is 23.3 Å². The lowest BCUT2D eigenvalue weighted by atomic mass is 10.2. The number of carbonyl (C=O) groups is 1. The van der Waals surface area contributed by atoms with Crippen LogP contribution < -0.4 is 4.72 Å². The first-order valence-corrected chi connectivity index (χ1v) is 8.13. The zero-order valence-electron chi connectivity index (χ0n) is 11.7. The van der Waals surface area contributed by atoms with Crippen LogP contribution in [0.25, 0.3) is 12.2 Å². The van der Waals surface area contributed by atoms with E-state index in [0.29, 0.717) is 0 Å². The Morgan fingerprint density at radius 1 is 0.818 bits per heavy atom. The van der Waals surface area contributed by atoms with Crippen LogP contribution in [0.2, 0.25) is 0 Å². The summed E-state index contributed by atoms with van der Waals surface area (Å²) < 4.78 is 25.5. The molecule has 1 N–H and O–H groups in total. The molecule has 0 saturated heterocycles. The third-order valence-corrected chi connectivity index (χ3v) is 3.69. The van der Waals surface area contributed by atoms with Gasteiger partial charge >= 0.3 is 0 Å². The van der Waals surface area contributed by atoms with Crippen molar-refractivity contribution in [1.29, 1.82) is 0 Å². The topological polar surface area (TPSA) is 63.2 Å². The Kier molecular flexibility index (Phi) is 5.27. The van der Waals surface area contributed by atoms with Gasteiger partial charge in [0.2, 0.25) is 0 Å². The van der Waals surface area contributed by atoms with E-state index in [4.69, 9.17) is 0 Å². The van der Waals surface area contributed by atoms with E-state index in [2.05, 4.69) is 0 Å². The van der Waals surface area contributed by atoms with Crippen LogP contribution in [0.3, 0.4) is 0 Å². The van der Waals surface area contributed by atoms with Crippen LogP contribution in [0, 0.1) is 0 Å². The van der Waals surface area contributed by atoms with Crippen LogP contribution in [0.1, 0.15) is 11.1 Å². The number of rotatable bonds is 5. The first-order valence-electron chi connectivity index (χ1n) is 6.58. The minimum absolute atomic E-state index is 0.693. The maximum Gasteiger partial charge on any atom is 0.257 e. The van der Waals surface area contributed by atoms with Gasteiger partial charge < -0.3 is 0 Å². The van der Waals surface area contributed by atoms with E-state index in [1.54, 1.807) is 30.3 Å². The molecule has 0 aliphatic rings. The number of hydrogen-bond donors (Lipinski definition) is 1. The number of sulfonamides is 1. The first kappa shape index (κ1) is 15.7. The molecular formula is C17H15NO3S. The number of hydrogen-bond acceptors (Lipinski definition) is 3. The van der Waals surface area contributed by atoms with Crippen LogP contribution in [0.4, 0.5) is 0 Å². The Morgan fingerprint density at radius 2 is 1.32 bits per heavy atom. The van der Waals surface area contributed by atoms with Crippen molar-refractivity contribution in [2.45, 2.75) is 0 Å². The van der Waals surface area contributed by atoms with Gasteiger partial charge in [0.05, 0.1) is 5.41 Å². The summed E-state index contributed by atoms with van der Waals surface area (Å²) in [5.74, 6) is -0.693. The van der Waals surface area contributed by atoms with E-state index >= 15 is 0 Å². The Morgan fingerprint density at radius 3 is 1.86 bits per heavy atom. The predicted molar refractivity (Wildman–Crippen MR) is 88.0 cm³/mol. The summed E-state index contributed by atoms with van der Waals surface area (Å²) in [6.07, 6.45) is 4.16. The van der Waals surface area contributed by atoms with E-state index in [1.165, 1.54) is 12.2 Å². The molecule has 1 amide bonds. The fourth-order valence-electron chi connectivity index (χ4n) is 1.68. The summed E-state index contributed by atoms with van der Waals surface area (Å²) in [5, 5.41) is 0.969. The summed E-state index contributed by atoms with van der Waals surface area (Å²) in [5.41, 5.74) is 1.55. The van der Waals surface area contributed by atoms with Crippen molar-refractivity contribution in [3.05, 3.63) is 83.3 Å². The Balaban J connectivity index is 1.98. The van der Waals surface area contributed by atoms with Crippen LogP contribution in [0.5, 0.6) is 0 Å². The Labute approximate surface area is 129 Å². The number of carbonyl (C=O) groups excluding carboxylic acids is 1. The fourth-order valence-corrected chi connectivity index (χ4v) is 2.43. The van der Waals surface area contributed by atoms with Gasteiger partial charge in [0.15, 0.2) is 0 Å². The minimum atomic E-state index is -3.81. The van der Waals surface area contributed by atoms with E-state index in [0.717, 1.165) is 16.5 Å². The molecule has 5 heteroatoms. The van der Waals surface area contributed by atoms with Gasteiger partial charge in [-0.15, -0.1) is 0 Å². The molecule has 0 aliphatic carbocycles. The second-order valence-corrected chi connectivity index (χ2v) is 6.04. The molecule has 0 aliphatic heterocycles. The van der Waals surface area contributed by atoms with E-state index in [1.807, 2.05) is 41.1 Å². The van der Waals surface area contributed by atoms with Gasteiger partial charge in [0, 0.05) is 6.08 Å². The third-order valence-electron chi connectivity index (χ3n) is 2.71. The monoisotopic (exact) mass is 313 g/mol. The first-order chi connectivity index (χ1) is 10.6. The maximum atomic E-state index is 11.8. The van der Waals surface area contributed by atoms with Crippen molar-refractivity contribution >= 4 is 28.1 Å². The zero-order valence-corrected chi connectivity index (χ0v) is 12.5. The van der Waals surface area contributed by atoms with Gasteiger partial charge in [-0.25, -0.2) is 13.1 Å². The number of nitrogens with one attached hydrogen (secondary N) is 1. The average molecular weight is 313 g/mol. The number of benzene rings is 2. The van der Waals surface area contributed by atoms with Crippen molar-refractivity contribution < 1.29 is 13.2 Å². The molecule has 0 spiro atoms. The lowest BCUT2D eigenvalue weighted by Gasteiger charge is -1.99. The second-order valence-electron chi connectivity index (χ2n) is 4.47.